The maximum Gasteiger partial charge on any atom is 0.472 e. The highest BCUT2D eigenvalue weighted by Crippen LogP contribution is 2.47. The van der Waals surface area contributed by atoms with E-state index < -0.39 is 63.1 Å². The van der Waals surface area contributed by atoms with E-state index in [1.54, 1.807) is 0 Å². The number of esters is 1. The first-order valence-electron chi connectivity index (χ1n) is 28.1. The van der Waals surface area contributed by atoms with E-state index in [0.29, 0.717) is 13.0 Å². The molecule has 6 N–H and O–H groups in total. The molecular weight excluding hydrogens is 908 g/mol. The van der Waals surface area contributed by atoms with Crippen LogP contribution in [0.15, 0.2) is 60.8 Å². The van der Waals surface area contributed by atoms with E-state index in [0.717, 1.165) is 70.6 Å². The van der Waals surface area contributed by atoms with Gasteiger partial charge in [0.1, 0.15) is 42.7 Å². The van der Waals surface area contributed by atoms with Crippen molar-refractivity contribution in [2.45, 2.75) is 275 Å². The second-order valence-electron chi connectivity index (χ2n) is 19.4. The van der Waals surface area contributed by atoms with Gasteiger partial charge in [-0.25, -0.2) is 4.57 Å². The first-order valence-corrected chi connectivity index (χ1v) is 29.6. The lowest BCUT2D eigenvalue weighted by molar-refractivity contribution is -0.220. The Bertz CT molecular complexity index is 1380. The number of carbonyl (C=O) groups excluding carboxylic acids is 1. The third-order valence-electron chi connectivity index (χ3n) is 12.9. The second-order valence-corrected chi connectivity index (χ2v) is 20.8. The van der Waals surface area contributed by atoms with Crippen molar-refractivity contribution in [3.63, 3.8) is 0 Å². The molecule has 12 nitrogen and oxygen atoms in total. The molecule has 0 spiro atoms. The van der Waals surface area contributed by atoms with E-state index in [1.807, 2.05) is 0 Å². The highest BCUT2D eigenvalue weighted by atomic mass is 31.2. The lowest BCUT2D eigenvalue weighted by Crippen LogP contribution is -2.64. The lowest BCUT2D eigenvalue weighted by Gasteiger charge is -2.41. The van der Waals surface area contributed by atoms with Crippen LogP contribution in [-0.2, 0) is 27.9 Å². The van der Waals surface area contributed by atoms with Crippen molar-refractivity contribution < 1.29 is 58.3 Å². The molecule has 1 fully saturated rings. The standard InChI is InChI=1S/C57H103O12P/c1-3-5-7-9-11-13-15-17-19-21-23-25-26-27-28-30-32-34-36-38-40-42-44-46-51(58)68-50(49-67-70(64,65)69-57-55(62)53(60)52(59)54(61)56(57)63)48-66-47-45-43-41-39-37-35-33-31-29-24-22-20-18-16-14-12-10-8-6-4-2/h5,7,11,13,17-20,23,25,50,52-57,59-63H,3-4,6,8-10,12,14-16,21-22,24,26-49H2,1-2H3,(H,64,65)/b7-5-,13-11-,19-17-,20-18-,25-23-. The molecule has 6 atom stereocenters. The second kappa shape index (κ2) is 46.8. The Kier molecular flexibility index (Phi) is 44.2. The van der Waals surface area contributed by atoms with Gasteiger partial charge in [-0.05, 0) is 77.0 Å². The Hall–Kier alpha value is -1.96. The van der Waals surface area contributed by atoms with Crippen LogP contribution in [0.5, 0.6) is 0 Å². The average molecular weight is 1010 g/mol. The highest BCUT2D eigenvalue weighted by molar-refractivity contribution is 7.47. The van der Waals surface area contributed by atoms with Crippen LogP contribution in [0.4, 0.5) is 0 Å². The SMILES string of the molecule is CC/C=C\C/C=C\C/C=C\C/C=C\CCCCCCCCCCCCC(=O)OC(COCCCCCCCCCCCC/C=C\CCCCCCCC)COP(=O)(O)OC1C(O)C(O)C(O)C(O)C1O. The molecule has 0 heterocycles. The largest absolute Gasteiger partial charge is 0.472 e. The van der Waals surface area contributed by atoms with Gasteiger partial charge in [0.2, 0.25) is 0 Å². The Labute approximate surface area is 426 Å². The third kappa shape index (κ3) is 37.7. The van der Waals surface area contributed by atoms with Gasteiger partial charge in [0.05, 0.1) is 13.2 Å². The summed E-state index contributed by atoms with van der Waals surface area (Å²) in [5, 5.41) is 50.4. The van der Waals surface area contributed by atoms with E-state index in [2.05, 4.69) is 74.6 Å². The molecule has 1 aliphatic carbocycles. The van der Waals surface area contributed by atoms with Crippen LogP contribution in [0.25, 0.3) is 0 Å². The van der Waals surface area contributed by atoms with E-state index in [1.165, 1.54) is 135 Å². The zero-order chi connectivity index (χ0) is 51.2. The van der Waals surface area contributed by atoms with Gasteiger partial charge in [-0.1, -0.05) is 209 Å². The number of rotatable bonds is 48. The lowest BCUT2D eigenvalue weighted by atomic mass is 9.85. The minimum Gasteiger partial charge on any atom is -0.457 e. The number of hydrogen-bond donors (Lipinski definition) is 6. The Morgan fingerprint density at radius 3 is 1.30 bits per heavy atom. The molecule has 0 radical (unpaired) electrons. The number of phosphoric ester groups is 1. The molecule has 0 aliphatic heterocycles. The quantitative estimate of drug-likeness (QED) is 0.0146. The van der Waals surface area contributed by atoms with Crippen LogP contribution in [0.1, 0.15) is 232 Å². The predicted octanol–water partition coefficient (Wildman–Crippen LogP) is 13.3. The molecular formula is C57H103O12P. The van der Waals surface area contributed by atoms with Crippen LogP contribution >= 0.6 is 7.82 Å². The molecule has 1 saturated carbocycles. The molecule has 1 rings (SSSR count). The number of allylic oxidation sites excluding steroid dienone is 10. The Morgan fingerprint density at radius 1 is 0.471 bits per heavy atom. The monoisotopic (exact) mass is 1010 g/mol. The summed E-state index contributed by atoms with van der Waals surface area (Å²) in [7, 11) is -5.03. The Balaban J connectivity index is 2.30. The summed E-state index contributed by atoms with van der Waals surface area (Å²) in [6, 6.07) is 0. The Morgan fingerprint density at radius 2 is 0.843 bits per heavy atom. The molecule has 0 aromatic heterocycles. The zero-order valence-corrected chi connectivity index (χ0v) is 45.0. The summed E-state index contributed by atoms with van der Waals surface area (Å²) in [5.41, 5.74) is 0. The summed E-state index contributed by atoms with van der Waals surface area (Å²) >= 11 is 0. The summed E-state index contributed by atoms with van der Waals surface area (Å²) in [5.74, 6) is -0.481. The van der Waals surface area contributed by atoms with Crippen molar-refractivity contribution in [3.8, 4) is 0 Å². The fourth-order valence-electron chi connectivity index (χ4n) is 8.46. The van der Waals surface area contributed by atoms with E-state index in [9.17, 15) is 39.8 Å². The zero-order valence-electron chi connectivity index (χ0n) is 44.1. The molecule has 0 bridgehead atoms. The molecule has 1 aliphatic rings. The van der Waals surface area contributed by atoms with Gasteiger partial charge in [-0.3, -0.25) is 13.8 Å². The molecule has 408 valence electrons. The summed E-state index contributed by atoms with van der Waals surface area (Å²) in [6.45, 7) is 4.17. The minimum atomic E-state index is -5.03. The van der Waals surface area contributed by atoms with Crippen molar-refractivity contribution in [1.82, 2.24) is 0 Å². The minimum absolute atomic E-state index is 0.0800. The number of carbonyl (C=O) groups is 1. The van der Waals surface area contributed by atoms with Crippen LogP contribution in [-0.4, -0.2) is 98.9 Å². The maximum absolute atomic E-state index is 12.9. The number of aliphatic hydroxyl groups is 5. The number of ether oxygens (including phenoxy) is 2. The van der Waals surface area contributed by atoms with Gasteiger partial charge in [-0.2, -0.15) is 0 Å². The van der Waals surface area contributed by atoms with Gasteiger partial charge >= 0.3 is 13.8 Å². The molecule has 0 amide bonds. The van der Waals surface area contributed by atoms with Gasteiger partial charge in [0, 0.05) is 13.0 Å². The number of aliphatic hydroxyl groups excluding tert-OH is 5. The summed E-state index contributed by atoms with van der Waals surface area (Å²) < 4.78 is 34.4. The molecule has 70 heavy (non-hydrogen) atoms. The van der Waals surface area contributed by atoms with Gasteiger partial charge in [0.25, 0.3) is 0 Å². The van der Waals surface area contributed by atoms with Gasteiger partial charge in [0.15, 0.2) is 0 Å². The van der Waals surface area contributed by atoms with Crippen LogP contribution in [0.2, 0.25) is 0 Å². The molecule has 0 aromatic rings. The maximum atomic E-state index is 12.9. The fraction of sp³-hybridized carbons (Fsp3) is 0.807. The molecule has 0 saturated heterocycles. The van der Waals surface area contributed by atoms with E-state index in [4.69, 9.17) is 18.5 Å². The van der Waals surface area contributed by atoms with Crippen LogP contribution in [0, 0.1) is 0 Å². The van der Waals surface area contributed by atoms with Crippen molar-refractivity contribution in [2.75, 3.05) is 19.8 Å². The van der Waals surface area contributed by atoms with Crippen LogP contribution in [0.3, 0.4) is 0 Å². The topological polar surface area (TPSA) is 192 Å². The van der Waals surface area contributed by atoms with Crippen LogP contribution < -0.4 is 0 Å². The van der Waals surface area contributed by atoms with Crippen molar-refractivity contribution >= 4 is 13.8 Å². The number of unbranched alkanes of at least 4 members (excludes halogenated alkanes) is 26. The first kappa shape index (κ1) is 66.1. The van der Waals surface area contributed by atoms with Gasteiger partial charge < -0.3 is 39.9 Å². The van der Waals surface area contributed by atoms with E-state index >= 15 is 0 Å². The molecule has 0 aromatic carbocycles. The fourth-order valence-corrected chi connectivity index (χ4v) is 9.43. The summed E-state index contributed by atoms with van der Waals surface area (Å²) in [4.78, 5) is 23.3. The van der Waals surface area contributed by atoms with Crippen molar-refractivity contribution in [3.05, 3.63) is 60.8 Å². The predicted molar refractivity (Wildman–Crippen MR) is 285 cm³/mol. The van der Waals surface area contributed by atoms with E-state index in [-0.39, 0.29) is 13.0 Å². The number of hydrogen-bond acceptors (Lipinski definition) is 11. The first-order chi connectivity index (χ1) is 34.0. The van der Waals surface area contributed by atoms with Crippen molar-refractivity contribution in [1.29, 1.82) is 0 Å². The number of phosphoric acid groups is 1. The normalized spacial score (nSPS) is 21.3. The third-order valence-corrected chi connectivity index (χ3v) is 13.9. The average Bonchev–Trinajstić information content (AvgIpc) is 3.35. The highest BCUT2D eigenvalue weighted by Gasteiger charge is 2.51. The summed E-state index contributed by atoms with van der Waals surface area (Å²) in [6.07, 6.45) is 48.5. The van der Waals surface area contributed by atoms with Crippen molar-refractivity contribution in [2.24, 2.45) is 0 Å². The smallest absolute Gasteiger partial charge is 0.457 e. The molecule has 6 unspecified atom stereocenters. The molecule has 13 heteroatoms. The van der Waals surface area contributed by atoms with Gasteiger partial charge in [-0.15, -0.1) is 0 Å².